The maximum Gasteiger partial charge on any atom is 0.249 e. The van der Waals surface area contributed by atoms with Gasteiger partial charge >= 0.3 is 0 Å². The summed E-state index contributed by atoms with van der Waals surface area (Å²) < 4.78 is 48.1. The number of halogens is 2. The van der Waals surface area contributed by atoms with Gasteiger partial charge in [0.2, 0.25) is 15.9 Å². The van der Waals surface area contributed by atoms with Crippen LogP contribution in [0.1, 0.15) is 18.1 Å². The number of sulfonamides is 1. The number of alkyl halides is 2. The molecule has 0 aromatic heterocycles. The van der Waals surface area contributed by atoms with Gasteiger partial charge in [-0.15, -0.1) is 0 Å². The van der Waals surface area contributed by atoms with Crippen molar-refractivity contribution in [2.75, 3.05) is 0 Å². The normalized spacial score (nSPS) is 12.8. The Hall–Kier alpha value is -1.01. The van der Waals surface area contributed by atoms with E-state index in [0.717, 1.165) is 6.92 Å². The summed E-state index contributed by atoms with van der Waals surface area (Å²) in [7, 11) is -3.96. The maximum absolute atomic E-state index is 12.9. The number of nitrogens with two attached hydrogens (primary N) is 1. The fourth-order valence-corrected chi connectivity index (χ4v) is 2.21. The van der Waals surface area contributed by atoms with Gasteiger partial charge in [-0.1, -0.05) is 17.7 Å². The van der Waals surface area contributed by atoms with Gasteiger partial charge in [-0.05, 0) is 25.5 Å². The van der Waals surface area contributed by atoms with E-state index in [0.29, 0.717) is 5.56 Å². The van der Waals surface area contributed by atoms with E-state index < -0.39 is 22.4 Å². The lowest BCUT2D eigenvalue weighted by atomic mass is 10.1. The van der Waals surface area contributed by atoms with Crippen molar-refractivity contribution in [1.29, 1.82) is 0 Å². The predicted molar refractivity (Wildman–Crippen MR) is 56.9 cm³/mol. The van der Waals surface area contributed by atoms with Crippen LogP contribution in [0, 0.1) is 6.92 Å². The molecule has 0 radical (unpaired) electrons. The van der Waals surface area contributed by atoms with Crippen molar-refractivity contribution in [3.63, 3.8) is 0 Å². The Morgan fingerprint density at radius 2 is 1.94 bits per heavy atom. The maximum atomic E-state index is 12.9. The smallest absolute Gasteiger partial charge is 0.225 e. The minimum atomic E-state index is -3.96. The molecule has 0 aliphatic heterocycles. The second-order valence-corrected chi connectivity index (χ2v) is 5.43. The van der Waals surface area contributed by atoms with Crippen molar-refractivity contribution in [2.45, 2.75) is 31.1 Å². The average Bonchev–Trinajstić information content (AvgIpc) is 1.97. The summed E-state index contributed by atoms with van der Waals surface area (Å²) >= 11 is 0. The van der Waals surface area contributed by atoms with E-state index in [9.17, 15) is 17.2 Å². The van der Waals surface area contributed by atoms with Crippen LogP contribution >= 0.6 is 0 Å². The summed E-state index contributed by atoms with van der Waals surface area (Å²) in [6, 6.07) is 4.19. The summed E-state index contributed by atoms with van der Waals surface area (Å²) in [4.78, 5) is -0.236. The molecule has 16 heavy (non-hydrogen) atoms. The topological polar surface area (TPSA) is 60.2 Å². The van der Waals surface area contributed by atoms with Crippen LogP contribution in [0.2, 0.25) is 0 Å². The summed E-state index contributed by atoms with van der Waals surface area (Å²) in [5.74, 6) is -2.97. The van der Waals surface area contributed by atoms with Crippen molar-refractivity contribution in [3.05, 3.63) is 29.3 Å². The predicted octanol–water partition coefficient (Wildman–Crippen LogP) is 1.84. The number of hydrogen-bond acceptors (Lipinski definition) is 2. The molecule has 0 spiro atoms. The Morgan fingerprint density at radius 1 is 1.38 bits per heavy atom. The zero-order valence-electron chi connectivity index (χ0n) is 9.00. The van der Waals surface area contributed by atoms with E-state index in [2.05, 4.69) is 0 Å². The van der Waals surface area contributed by atoms with E-state index in [-0.39, 0.29) is 10.5 Å². The van der Waals surface area contributed by atoms with Gasteiger partial charge in [-0.3, -0.25) is 0 Å². The third-order valence-corrected chi connectivity index (χ3v) is 3.03. The van der Waals surface area contributed by atoms with Gasteiger partial charge < -0.3 is 0 Å². The number of hydrogen-bond donors (Lipinski definition) is 1. The lowest BCUT2D eigenvalue weighted by Gasteiger charge is -2.13. The molecule has 1 rings (SSSR count). The van der Waals surface area contributed by atoms with E-state index >= 15 is 0 Å². The Morgan fingerprint density at radius 3 is 2.38 bits per heavy atom. The number of primary sulfonamides is 1. The molecule has 0 bridgehead atoms. The lowest BCUT2D eigenvalue weighted by Crippen LogP contribution is -2.19. The fourth-order valence-electron chi connectivity index (χ4n) is 1.46. The highest BCUT2D eigenvalue weighted by atomic mass is 32.2. The van der Waals surface area contributed by atoms with Gasteiger partial charge in [0.15, 0.2) is 0 Å². The van der Waals surface area contributed by atoms with Crippen molar-refractivity contribution in [1.82, 2.24) is 0 Å². The molecule has 3 nitrogen and oxygen atoms in total. The third kappa shape index (κ3) is 3.53. The minimum absolute atomic E-state index is 0.0509. The monoisotopic (exact) mass is 249 g/mol. The number of aryl methyl sites for hydroxylation is 1. The molecule has 1 aromatic rings. The van der Waals surface area contributed by atoms with Crippen LogP contribution < -0.4 is 5.14 Å². The zero-order chi connectivity index (χ0) is 12.6. The zero-order valence-corrected chi connectivity index (χ0v) is 9.81. The number of rotatable bonds is 3. The molecule has 90 valence electrons. The molecule has 0 saturated carbocycles. The summed E-state index contributed by atoms with van der Waals surface area (Å²) in [6.07, 6.45) is -0.638. The van der Waals surface area contributed by atoms with Gasteiger partial charge in [-0.2, -0.15) is 0 Å². The van der Waals surface area contributed by atoms with Crippen LogP contribution in [0.3, 0.4) is 0 Å². The minimum Gasteiger partial charge on any atom is -0.225 e. The molecule has 0 unspecified atom stereocenters. The van der Waals surface area contributed by atoms with Crippen LogP contribution in [0.4, 0.5) is 8.78 Å². The van der Waals surface area contributed by atoms with Crippen molar-refractivity contribution in [3.8, 4) is 0 Å². The first-order valence-electron chi connectivity index (χ1n) is 4.60. The molecule has 2 N–H and O–H groups in total. The van der Waals surface area contributed by atoms with Crippen LogP contribution in [0.25, 0.3) is 0 Å². The summed E-state index contributed by atoms with van der Waals surface area (Å²) in [5, 5.41) is 4.95. The molecule has 0 atom stereocenters. The van der Waals surface area contributed by atoms with Crippen LogP contribution in [0.15, 0.2) is 23.1 Å². The first kappa shape index (κ1) is 13.1. The Balaban J connectivity index is 3.30. The van der Waals surface area contributed by atoms with Gasteiger partial charge in [0.1, 0.15) is 0 Å². The average molecular weight is 249 g/mol. The molecule has 6 heteroatoms. The highest BCUT2D eigenvalue weighted by Gasteiger charge is 2.25. The number of benzene rings is 1. The molecule has 0 saturated heterocycles. The van der Waals surface area contributed by atoms with Gasteiger partial charge in [0, 0.05) is 6.42 Å². The summed E-state index contributed by atoms with van der Waals surface area (Å²) in [5.41, 5.74) is 0.765. The van der Waals surface area contributed by atoms with Crippen LogP contribution in [-0.4, -0.2) is 14.3 Å². The van der Waals surface area contributed by atoms with Crippen molar-refractivity contribution < 1.29 is 17.2 Å². The standard InChI is InChI=1S/C10H13F2NO2S/c1-7-3-4-9(16(13,14)15)8(5-7)6-10(2,11)12/h3-5H,6H2,1-2H3,(H2,13,14,15). The van der Waals surface area contributed by atoms with E-state index in [4.69, 9.17) is 5.14 Å². The van der Waals surface area contributed by atoms with Gasteiger partial charge in [-0.25, -0.2) is 22.3 Å². The first-order valence-corrected chi connectivity index (χ1v) is 6.14. The van der Waals surface area contributed by atoms with Crippen LogP contribution in [-0.2, 0) is 16.4 Å². The highest BCUT2D eigenvalue weighted by Crippen LogP contribution is 2.24. The third-order valence-electron chi connectivity index (χ3n) is 2.02. The second-order valence-electron chi connectivity index (χ2n) is 3.90. The van der Waals surface area contributed by atoms with Crippen molar-refractivity contribution >= 4 is 10.0 Å². The van der Waals surface area contributed by atoms with Gasteiger partial charge in [0.25, 0.3) is 0 Å². The molecular weight excluding hydrogens is 236 g/mol. The first-order chi connectivity index (χ1) is 7.09. The van der Waals surface area contributed by atoms with Crippen LogP contribution in [0.5, 0.6) is 0 Å². The molecule has 0 fully saturated rings. The van der Waals surface area contributed by atoms with E-state index in [1.165, 1.54) is 18.2 Å². The van der Waals surface area contributed by atoms with Crippen molar-refractivity contribution in [2.24, 2.45) is 5.14 Å². The molecular formula is C10H13F2NO2S. The molecule has 0 aliphatic rings. The Kier molecular flexibility index (Phi) is 3.35. The van der Waals surface area contributed by atoms with Gasteiger partial charge in [0.05, 0.1) is 4.90 Å². The second kappa shape index (κ2) is 4.10. The summed E-state index contributed by atoms with van der Waals surface area (Å²) in [6.45, 7) is 2.44. The quantitative estimate of drug-likeness (QED) is 0.888. The van der Waals surface area contributed by atoms with E-state index in [1.54, 1.807) is 6.92 Å². The largest absolute Gasteiger partial charge is 0.249 e. The SMILES string of the molecule is Cc1ccc(S(N)(=O)=O)c(CC(C)(F)F)c1. The molecule has 0 aliphatic carbocycles. The molecule has 1 aromatic carbocycles. The highest BCUT2D eigenvalue weighted by molar-refractivity contribution is 7.89. The lowest BCUT2D eigenvalue weighted by molar-refractivity contribution is 0.0220. The fraction of sp³-hybridized carbons (Fsp3) is 0.400. The molecule has 0 heterocycles. The van der Waals surface area contributed by atoms with E-state index in [1.807, 2.05) is 0 Å². The molecule has 0 amide bonds. The Bertz CT molecular complexity index is 492. The Labute approximate surface area is 93.3 Å².